The molecular formula is C16H20BrNO2. The third kappa shape index (κ3) is 2.51. The number of carbonyl (C=O) groups is 1. The summed E-state index contributed by atoms with van der Waals surface area (Å²) in [5.74, 6) is 0.246. The Hall–Kier alpha value is -0.870. The molecule has 20 heavy (non-hydrogen) atoms. The molecule has 1 aromatic rings. The fraction of sp³-hybridized carbons (Fsp3) is 0.562. The Balaban J connectivity index is 1.75. The first-order valence-electron chi connectivity index (χ1n) is 7.21. The summed E-state index contributed by atoms with van der Waals surface area (Å²) in [4.78, 5) is 14.7. The lowest BCUT2D eigenvalue weighted by atomic mass is 9.90. The van der Waals surface area contributed by atoms with E-state index in [0.717, 1.165) is 22.9 Å². The number of nitrogens with zero attached hydrogens (tertiary/aromatic N) is 1. The van der Waals surface area contributed by atoms with Crippen molar-refractivity contribution in [2.24, 2.45) is 0 Å². The number of hydrogen-bond acceptors (Lipinski definition) is 2. The van der Waals surface area contributed by atoms with Crippen molar-refractivity contribution in [3.63, 3.8) is 0 Å². The van der Waals surface area contributed by atoms with Crippen molar-refractivity contribution in [1.82, 2.24) is 4.90 Å². The molecule has 0 aromatic heterocycles. The number of likely N-dealkylation sites (tertiary alicyclic amines) is 1. The van der Waals surface area contributed by atoms with E-state index < -0.39 is 5.60 Å². The van der Waals surface area contributed by atoms with Crippen LogP contribution in [-0.2, 0) is 10.2 Å². The van der Waals surface area contributed by atoms with Gasteiger partial charge in [-0.25, -0.2) is 0 Å². The molecule has 0 bridgehead atoms. The summed E-state index contributed by atoms with van der Waals surface area (Å²) in [5, 5.41) is 10.00. The van der Waals surface area contributed by atoms with Gasteiger partial charge in [-0.3, -0.25) is 4.79 Å². The molecule has 0 atom stereocenters. The minimum atomic E-state index is -0.606. The summed E-state index contributed by atoms with van der Waals surface area (Å²) in [5.41, 5.74) is 0.234. The molecule has 108 valence electrons. The SMILES string of the molecule is CC1(O)CCN(C(=O)C2(c3ccc(Br)cc3)CC2)CC1. The summed E-state index contributed by atoms with van der Waals surface area (Å²) >= 11 is 3.44. The van der Waals surface area contributed by atoms with Crippen molar-refractivity contribution in [1.29, 1.82) is 0 Å². The minimum Gasteiger partial charge on any atom is -0.390 e. The predicted octanol–water partition coefficient (Wildman–Crippen LogP) is 2.85. The highest BCUT2D eigenvalue weighted by molar-refractivity contribution is 9.10. The summed E-state index contributed by atoms with van der Waals surface area (Å²) in [6, 6.07) is 8.11. The molecule has 1 aliphatic carbocycles. The van der Waals surface area contributed by atoms with Crippen LogP contribution >= 0.6 is 15.9 Å². The molecule has 1 aliphatic heterocycles. The average molecular weight is 338 g/mol. The summed E-state index contributed by atoms with van der Waals surface area (Å²) in [6.07, 6.45) is 3.24. The Morgan fingerprint density at radius 2 is 1.70 bits per heavy atom. The van der Waals surface area contributed by atoms with E-state index in [9.17, 15) is 9.90 Å². The van der Waals surface area contributed by atoms with Crippen molar-refractivity contribution < 1.29 is 9.90 Å². The zero-order valence-electron chi connectivity index (χ0n) is 11.7. The molecule has 0 spiro atoms. The molecule has 1 saturated heterocycles. The first-order valence-corrected chi connectivity index (χ1v) is 8.00. The van der Waals surface area contributed by atoms with E-state index in [4.69, 9.17) is 0 Å². The molecule has 4 heteroatoms. The number of piperidine rings is 1. The van der Waals surface area contributed by atoms with Gasteiger partial charge in [0.05, 0.1) is 11.0 Å². The molecule has 3 rings (SSSR count). The normalized spacial score (nSPS) is 23.4. The van der Waals surface area contributed by atoms with Gasteiger partial charge < -0.3 is 10.0 Å². The Kier molecular flexibility index (Phi) is 3.41. The van der Waals surface area contributed by atoms with Gasteiger partial charge in [0.1, 0.15) is 0 Å². The second-order valence-electron chi connectivity index (χ2n) is 6.38. The highest BCUT2D eigenvalue weighted by atomic mass is 79.9. The highest BCUT2D eigenvalue weighted by Gasteiger charge is 2.53. The van der Waals surface area contributed by atoms with Crippen LogP contribution in [0.1, 0.15) is 38.2 Å². The molecule has 2 aliphatic rings. The van der Waals surface area contributed by atoms with Gasteiger partial charge >= 0.3 is 0 Å². The van der Waals surface area contributed by atoms with Crippen LogP contribution in [0.3, 0.4) is 0 Å². The summed E-state index contributed by atoms with van der Waals surface area (Å²) < 4.78 is 1.04. The molecule has 1 amide bonds. The van der Waals surface area contributed by atoms with E-state index in [1.807, 2.05) is 24.0 Å². The Bertz CT molecular complexity index is 510. The monoisotopic (exact) mass is 337 g/mol. The zero-order valence-corrected chi connectivity index (χ0v) is 13.3. The van der Waals surface area contributed by atoms with E-state index in [0.29, 0.717) is 25.9 Å². The van der Waals surface area contributed by atoms with Crippen molar-refractivity contribution in [3.8, 4) is 0 Å². The van der Waals surface area contributed by atoms with E-state index >= 15 is 0 Å². The lowest BCUT2D eigenvalue weighted by Gasteiger charge is -2.37. The van der Waals surface area contributed by atoms with Crippen LogP contribution in [0.2, 0.25) is 0 Å². The van der Waals surface area contributed by atoms with Crippen LogP contribution < -0.4 is 0 Å². The van der Waals surface area contributed by atoms with Crippen molar-refractivity contribution in [2.45, 2.75) is 43.6 Å². The second kappa shape index (κ2) is 4.85. The molecule has 3 nitrogen and oxygen atoms in total. The Morgan fingerprint density at radius 1 is 1.15 bits per heavy atom. The van der Waals surface area contributed by atoms with Crippen LogP contribution in [-0.4, -0.2) is 34.6 Å². The van der Waals surface area contributed by atoms with Crippen molar-refractivity contribution in [2.75, 3.05) is 13.1 Å². The molecule has 0 unspecified atom stereocenters. The first kappa shape index (κ1) is 14.1. The van der Waals surface area contributed by atoms with Crippen LogP contribution in [0.15, 0.2) is 28.7 Å². The molecule has 1 heterocycles. The third-order valence-corrected chi connectivity index (χ3v) is 5.21. The molecule has 2 fully saturated rings. The molecule has 1 saturated carbocycles. The second-order valence-corrected chi connectivity index (χ2v) is 7.29. The van der Waals surface area contributed by atoms with E-state index in [-0.39, 0.29) is 11.3 Å². The Morgan fingerprint density at radius 3 is 2.20 bits per heavy atom. The number of halogens is 1. The number of aliphatic hydroxyl groups is 1. The maximum absolute atomic E-state index is 12.8. The minimum absolute atomic E-state index is 0.246. The van der Waals surface area contributed by atoms with Gasteiger partial charge in [-0.05, 0) is 50.3 Å². The summed E-state index contributed by atoms with van der Waals surface area (Å²) in [6.45, 7) is 3.20. The quantitative estimate of drug-likeness (QED) is 0.901. The molecular weight excluding hydrogens is 318 g/mol. The van der Waals surface area contributed by atoms with E-state index in [1.165, 1.54) is 0 Å². The third-order valence-electron chi connectivity index (χ3n) is 4.68. The Labute approximate surface area is 128 Å². The number of carbonyl (C=O) groups excluding carboxylic acids is 1. The smallest absolute Gasteiger partial charge is 0.233 e. The molecule has 1 aromatic carbocycles. The van der Waals surface area contributed by atoms with Gasteiger partial charge in [-0.15, -0.1) is 0 Å². The maximum Gasteiger partial charge on any atom is 0.233 e. The number of rotatable bonds is 2. The average Bonchev–Trinajstić information content (AvgIpc) is 3.20. The number of hydrogen-bond donors (Lipinski definition) is 1. The summed E-state index contributed by atoms with van der Waals surface area (Å²) in [7, 11) is 0. The standard InChI is InChI=1S/C16H20BrNO2/c1-15(20)8-10-18(11-9-15)14(19)16(6-7-16)12-2-4-13(17)5-3-12/h2-5,20H,6-11H2,1H3. The lowest BCUT2D eigenvalue weighted by molar-refractivity contribution is -0.137. The fourth-order valence-electron chi connectivity index (χ4n) is 3.01. The van der Waals surface area contributed by atoms with Crippen LogP contribution in [0.5, 0.6) is 0 Å². The van der Waals surface area contributed by atoms with Crippen LogP contribution in [0, 0.1) is 0 Å². The highest BCUT2D eigenvalue weighted by Crippen LogP contribution is 2.50. The van der Waals surface area contributed by atoms with Gasteiger partial charge in [0, 0.05) is 17.6 Å². The van der Waals surface area contributed by atoms with Crippen LogP contribution in [0.25, 0.3) is 0 Å². The van der Waals surface area contributed by atoms with Gasteiger partial charge in [0.15, 0.2) is 0 Å². The van der Waals surface area contributed by atoms with Crippen molar-refractivity contribution >= 4 is 21.8 Å². The van der Waals surface area contributed by atoms with Gasteiger partial charge in [0.2, 0.25) is 5.91 Å². The van der Waals surface area contributed by atoms with Crippen molar-refractivity contribution in [3.05, 3.63) is 34.3 Å². The fourth-order valence-corrected chi connectivity index (χ4v) is 3.28. The molecule has 0 radical (unpaired) electrons. The van der Waals surface area contributed by atoms with Gasteiger partial charge in [-0.1, -0.05) is 28.1 Å². The maximum atomic E-state index is 12.8. The van der Waals surface area contributed by atoms with E-state index in [2.05, 4.69) is 28.1 Å². The van der Waals surface area contributed by atoms with Gasteiger partial charge in [-0.2, -0.15) is 0 Å². The number of benzene rings is 1. The topological polar surface area (TPSA) is 40.5 Å². The zero-order chi connectivity index (χ0) is 14.4. The predicted molar refractivity (Wildman–Crippen MR) is 81.5 cm³/mol. The van der Waals surface area contributed by atoms with Crippen LogP contribution in [0.4, 0.5) is 0 Å². The first-order chi connectivity index (χ1) is 9.43. The van der Waals surface area contributed by atoms with E-state index in [1.54, 1.807) is 0 Å². The largest absolute Gasteiger partial charge is 0.390 e. The molecule has 1 N–H and O–H groups in total. The number of amides is 1. The van der Waals surface area contributed by atoms with Gasteiger partial charge in [0.25, 0.3) is 0 Å². The lowest BCUT2D eigenvalue weighted by Crippen LogP contribution is -2.48.